The summed E-state index contributed by atoms with van der Waals surface area (Å²) in [6.45, 7) is 3.92. The average Bonchev–Trinajstić information content (AvgIpc) is 3.50. The number of primary amides is 1. The molecule has 9 heteroatoms. The van der Waals surface area contributed by atoms with E-state index in [0.29, 0.717) is 12.2 Å². The van der Waals surface area contributed by atoms with Crippen molar-refractivity contribution in [3.05, 3.63) is 79.0 Å². The van der Waals surface area contributed by atoms with E-state index >= 15 is 0 Å². The van der Waals surface area contributed by atoms with Gasteiger partial charge in [-0.3, -0.25) is 9.59 Å². The molecule has 0 aliphatic carbocycles. The summed E-state index contributed by atoms with van der Waals surface area (Å²) in [6.07, 6.45) is 6.21. The van der Waals surface area contributed by atoms with E-state index in [-0.39, 0.29) is 11.5 Å². The largest absolute Gasteiger partial charge is 0.447 e. The molecule has 0 fully saturated rings. The summed E-state index contributed by atoms with van der Waals surface area (Å²) >= 11 is 0. The van der Waals surface area contributed by atoms with Gasteiger partial charge in [-0.1, -0.05) is 44.2 Å². The molecule has 1 aliphatic heterocycles. The molecule has 170 valence electrons. The number of pyridine rings is 1. The first kappa shape index (κ1) is 22.1. The van der Waals surface area contributed by atoms with E-state index in [1.54, 1.807) is 29.2 Å². The molecule has 9 nitrogen and oxygen atoms in total. The van der Waals surface area contributed by atoms with Crippen LogP contribution in [0.3, 0.4) is 0 Å². The molecule has 2 amide bonds. The van der Waals surface area contributed by atoms with Crippen LogP contribution in [0.2, 0.25) is 0 Å². The molecule has 3 N–H and O–H groups in total. The fourth-order valence-corrected chi connectivity index (χ4v) is 3.72. The third-order valence-electron chi connectivity index (χ3n) is 5.26. The minimum absolute atomic E-state index is 0.118. The van der Waals surface area contributed by atoms with Crippen molar-refractivity contribution in [1.82, 2.24) is 20.1 Å². The molecule has 2 aromatic heterocycles. The topological polar surface area (TPSA) is 121 Å². The molecule has 4 rings (SSSR count). The number of nitrogens with one attached hydrogen (secondary N) is 1. The molecule has 33 heavy (non-hydrogen) atoms. The highest BCUT2D eigenvalue weighted by molar-refractivity contribution is 5.98. The summed E-state index contributed by atoms with van der Waals surface area (Å²) in [5.74, 6) is -2.63. The lowest BCUT2D eigenvalue weighted by Gasteiger charge is -2.34. The minimum Gasteiger partial charge on any atom is -0.447 e. The van der Waals surface area contributed by atoms with Crippen molar-refractivity contribution in [3.63, 3.8) is 0 Å². The zero-order valence-electron chi connectivity index (χ0n) is 18.3. The molecular formula is C24H25N5O4. The maximum absolute atomic E-state index is 13.4. The zero-order valence-corrected chi connectivity index (χ0v) is 18.3. The third-order valence-corrected chi connectivity index (χ3v) is 5.26. The fourth-order valence-electron chi connectivity index (χ4n) is 3.72. The van der Waals surface area contributed by atoms with Crippen LogP contribution in [0, 0.1) is 5.92 Å². The summed E-state index contributed by atoms with van der Waals surface area (Å²) in [7, 11) is 0. The summed E-state index contributed by atoms with van der Waals surface area (Å²) in [4.78, 5) is 30.0. The molecule has 1 atom stereocenters. The Bertz CT molecular complexity index is 1160. The van der Waals surface area contributed by atoms with Gasteiger partial charge in [0.2, 0.25) is 0 Å². The molecule has 3 heterocycles. The van der Waals surface area contributed by atoms with E-state index in [1.807, 2.05) is 50.2 Å². The van der Waals surface area contributed by atoms with Crippen LogP contribution in [0.4, 0.5) is 0 Å². The number of ether oxygens (including phenoxy) is 2. The van der Waals surface area contributed by atoms with Gasteiger partial charge in [-0.25, -0.2) is 9.67 Å². The van der Waals surface area contributed by atoms with Gasteiger partial charge in [0.1, 0.15) is 18.6 Å². The molecule has 1 aromatic carbocycles. The maximum Gasteiger partial charge on any atom is 0.351 e. The van der Waals surface area contributed by atoms with Crippen LogP contribution in [0.15, 0.2) is 73.4 Å². The number of rotatable bonds is 8. The van der Waals surface area contributed by atoms with Crippen LogP contribution < -0.4 is 11.1 Å². The highest BCUT2D eigenvalue weighted by atomic mass is 16.7. The number of amides is 2. The zero-order chi connectivity index (χ0) is 23.4. The lowest BCUT2D eigenvalue weighted by molar-refractivity contribution is -0.183. The number of carbonyl (C=O) groups is 2. The number of carbonyl (C=O) groups excluding carboxylic acids is 2. The minimum atomic E-state index is -1.81. The normalized spacial score (nSPS) is 15.0. The van der Waals surface area contributed by atoms with Crippen LogP contribution >= 0.6 is 0 Å². The number of aromatic nitrogens is 3. The molecule has 0 radical (unpaired) electrons. The Morgan fingerprint density at radius 2 is 1.82 bits per heavy atom. The predicted molar refractivity (Wildman–Crippen MR) is 121 cm³/mol. The van der Waals surface area contributed by atoms with Gasteiger partial charge in [0, 0.05) is 18.0 Å². The molecule has 3 aromatic rings. The molecule has 0 spiro atoms. The quantitative estimate of drug-likeness (QED) is 0.548. The van der Waals surface area contributed by atoms with Gasteiger partial charge in [-0.05, 0) is 30.5 Å². The van der Waals surface area contributed by atoms with Gasteiger partial charge in [0.25, 0.3) is 5.91 Å². The van der Waals surface area contributed by atoms with Crippen LogP contribution in [0.1, 0.15) is 30.6 Å². The van der Waals surface area contributed by atoms with Crippen molar-refractivity contribution in [2.75, 3.05) is 0 Å². The fraction of sp³-hybridized carbons (Fsp3) is 0.250. The smallest absolute Gasteiger partial charge is 0.351 e. The Morgan fingerprint density at radius 1 is 1.09 bits per heavy atom. The van der Waals surface area contributed by atoms with Crippen molar-refractivity contribution in [2.45, 2.75) is 32.1 Å². The number of nitrogens with two attached hydrogens (primary N) is 1. The lowest BCUT2D eigenvalue weighted by atomic mass is 9.95. The van der Waals surface area contributed by atoms with Crippen LogP contribution in [0.25, 0.3) is 17.1 Å². The van der Waals surface area contributed by atoms with Crippen LogP contribution in [0.5, 0.6) is 0 Å². The molecule has 0 saturated carbocycles. The average molecular weight is 447 g/mol. The second-order valence-corrected chi connectivity index (χ2v) is 8.08. The van der Waals surface area contributed by atoms with E-state index in [1.165, 1.54) is 12.5 Å². The molecule has 0 saturated heterocycles. The van der Waals surface area contributed by atoms with Gasteiger partial charge >= 0.3 is 11.7 Å². The van der Waals surface area contributed by atoms with Crippen molar-refractivity contribution in [2.24, 2.45) is 11.7 Å². The van der Waals surface area contributed by atoms with E-state index in [0.717, 1.165) is 11.3 Å². The van der Waals surface area contributed by atoms with Crippen molar-refractivity contribution >= 4 is 11.8 Å². The van der Waals surface area contributed by atoms with Gasteiger partial charge in [-0.2, -0.15) is 5.10 Å². The van der Waals surface area contributed by atoms with Gasteiger partial charge in [-0.15, -0.1) is 0 Å². The van der Waals surface area contributed by atoms with E-state index in [9.17, 15) is 9.59 Å². The Kier molecular flexibility index (Phi) is 6.12. The highest BCUT2D eigenvalue weighted by Crippen LogP contribution is 2.29. The van der Waals surface area contributed by atoms with Crippen LogP contribution in [-0.2, 0) is 14.3 Å². The molecule has 1 unspecified atom stereocenters. The van der Waals surface area contributed by atoms with Gasteiger partial charge < -0.3 is 20.5 Å². The Balaban J connectivity index is 1.64. The van der Waals surface area contributed by atoms with Crippen molar-refractivity contribution in [3.8, 4) is 17.1 Å². The highest BCUT2D eigenvalue weighted by Gasteiger charge is 2.51. The standard InChI is InChI=1S/C24H25N5O4/c1-16(2)15-20(24(23(25)31)32-13-14-33-24)27-22(30)18-9-6-11-26-21(18)29-12-10-19(28-29)17-7-4-3-5-8-17/h3-14,16,20H,15H2,1-2H3,(H2,25,31)(H,27,30). The summed E-state index contributed by atoms with van der Waals surface area (Å²) in [5.41, 5.74) is 7.57. The van der Waals surface area contributed by atoms with Gasteiger partial charge in [0.05, 0.1) is 11.3 Å². The monoisotopic (exact) mass is 447 g/mol. The van der Waals surface area contributed by atoms with E-state index in [4.69, 9.17) is 15.2 Å². The third kappa shape index (κ3) is 4.43. The van der Waals surface area contributed by atoms with Gasteiger partial charge in [0.15, 0.2) is 5.82 Å². The summed E-state index contributed by atoms with van der Waals surface area (Å²) in [5, 5.41) is 7.45. The molecule has 0 bridgehead atoms. The molecule has 1 aliphatic rings. The van der Waals surface area contributed by atoms with Crippen molar-refractivity contribution < 1.29 is 19.1 Å². The van der Waals surface area contributed by atoms with E-state index < -0.39 is 23.6 Å². The first-order valence-electron chi connectivity index (χ1n) is 10.6. The predicted octanol–water partition coefficient (Wildman–Crippen LogP) is 2.78. The summed E-state index contributed by atoms with van der Waals surface area (Å²) in [6, 6.07) is 14.0. The second kappa shape index (κ2) is 9.15. The van der Waals surface area contributed by atoms with Crippen LogP contribution in [-0.4, -0.2) is 38.4 Å². The van der Waals surface area contributed by atoms with Crippen molar-refractivity contribution in [1.29, 1.82) is 0 Å². The SMILES string of the molecule is CC(C)CC(NC(=O)c1cccnc1-n1ccc(-c2ccccc2)n1)C1(C(N)=O)OC=CO1. The summed E-state index contributed by atoms with van der Waals surface area (Å²) < 4.78 is 12.4. The number of nitrogens with zero attached hydrogens (tertiary/aromatic N) is 3. The number of hydrogen-bond acceptors (Lipinski definition) is 6. The first-order chi connectivity index (χ1) is 15.9. The Morgan fingerprint density at radius 3 is 2.48 bits per heavy atom. The second-order valence-electron chi connectivity index (χ2n) is 8.08. The van der Waals surface area contributed by atoms with E-state index in [2.05, 4.69) is 15.4 Å². The molecular weight excluding hydrogens is 422 g/mol. The Hall–Kier alpha value is -4.14. The Labute approximate surface area is 191 Å². The first-order valence-corrected chi connectivity index (χ1v) is 10.6. The number of hydrogen-bond donors (Lipinski definition) is 2. The maximum atomic E-state index is 13.4. The lowest BCUT2D eigenvalue weighted by Crippen LogP contribution is -2.61. The number of benzene rings is 1.